The second-order valence-corrected chi connectivity index (χ2v) is 5.92. The average Bonchev–Trinajstić information content (AvgIpc) is 2.97. The molecule has 1 aromatic carbocycles. The SMILES string of the molecule is O=S(=O)(Nc1cc(-c2cccnc2)on1)c1ccccc1. The van der Waals surface area contributed by atoms with Crippen molar-refractivity contribution < 1.29 is 12.9 Å². The molecule has 2 heterocycles. The number of nitrogens with zero attached hydrogens (tertiary/aromatic N) is 2. The van der Waals surface area contributed by atoms with Gasteiger partial charge in [0.2, 0.25) is 0 Å². The van der Waals surface area contributed by atoms with Crippen LogP contribution in [0.15, 0.2) is 70.3 Å². The molecule has 0 saturated carbocycles. The van der Waals surface area contributed by atoms with Gasteiger partial charge in [-0.25, -0.2) is 8.42 Å². The summed E-state index contributed by atoms with van der Waals surface area (Å²) in [5, 5.41) is 3.71. The van der Waals surface area contributed by atoms with Crippen molar-refractivity contribution in [2.24, 2.45) is 0 Å². The first-order valence-corrected chi connectivity index (χ1v) is 7.58. The summed E-state index contributed by atoms with van der Waals surface area (Å²) in [4.78, 5) is 4.13. The number of aromatic nitrogens is 2. The van der Waals surface area contributed by atoms with Crippen LogP contribution in [-0.2, 0) is 10.0 Å². The first kappa shape index (κ1) is 13.3. The summed E-state index contributed by atoms with van der Waals surface area (Å²) in [5.41, 5.74) is 0.718. The van der Waals surface area contributed by atoms with E-state index in [9.17, 15) is 8.42 Å². The zero-order chi connectivity index (χ0) is 14.7. The molecule has 0 aliphatic rings. The van der Waals surface area contributed by atoms with Crippen LogP contribution in [0, 0.1) is 0 Å². The minimum atomic E-state index is -3.67. The molecule has 0 fully saturated rings. The van der Waals surface area contributed by atoms with E-state index in [0.29, 0.717) is 5.76 Å². The van der Waals surface area contributed by atoms with Crippen molar-refractivity contribution in [3.8, 4) is 11.3 Å². The zero-order valence-electron chi connectivity index (χ0n) is 10.8. The summed E-state index contributed by atoms with van der Waals surface area (Å²) >= 11 is 0. The molecule has 3 aromatic rings. The van der Waals surface area contributed by atoms with Gasteiger partial charge in [0.1, 0.15) is 0 Å². The number of pyridine rings is 1. The van der Waals surface area contributed by atoms with Crippen LogP contribution in [0.2, 0.25) is 0 Å². The lowest BCUT2D eigenvalue weighted by atomic mass is 10.2. The van der Waals surface area contributed by atoms with E-state index in [1.165, 1.54) is 18.2 Å². The summed E-state index contributed by atoms with van der Waals surface area (Å²) in [5.74, 6) is 0.562. The average molecular weight is 301 g/mol. The molecule has 1 N–H and O–H groups in total. The first-order valence-electron chi connectivity index (χ1n) is 6.10. The fourth-order valence-electron chi connectivity index (χ4n) is 1.76. The van der Waals surface area contributed by atoms with E-state index in [4.69, 9.17) is 4.52 Å². The van der Waals surface area contributed by atoms with Gasteiger partial charge in [0.25, 0.3) is 10.0 Å². The van der Waals surface area contributed by atoms with Gasteiger partial charge in [0.05, 0.1) is 4.90 Å². The molecule has 0 aliphatic carbocycles. The second kappa shape index (κ2) is 5.37. The molecule has 0 bridgehead atoms. The molecule has 0 saturated heterocycles. The van der Waals surface area contributed by atoms with Gasteiger partial charge in [0.15, 0.2) is 11.6 Å². The quantitative estimate of drug-likeness (QED) is 0.800. The van der Waals surface area contributed by atoms with E-state index < -0.39 is 10.0 Å². The third kappa shape index (κ3) is 2.92. The number of benzene rings is 1. The number of anilines is 1. The van der Waals surface area contributed by atoms with E-state index >= 15 is 0 Å². The summed E-state index contributed by atoms with van der Waals surface area (Å²) in [6.07, 6.45) is 3.24. The van der Waals surface area contributed by atoms with Crippen LogP contribution < -0.4 is 4.72 Å². The third-order valence-corrected chi connectivity index (χ3v) is 4.12. The first-order chi connectivity index (χ1) is 10.1. The Hall–Kier alpha value is -2.67. The molecule has 0 radical (unpaired) electrons. The van der Waals surface area contributed by atoms with Crippen molar-refractivity contribution in [2.75, 3.05) is 4.72 Å². The summed E-state index contributed by atoms with van der Waals surface area (Å²) in [6, 6.07) is 13.1. The Kier molecular flexibility index (Phi) is 3.41. The van der Waals surface area contributed by atoms with Crippen molar-refractivity contribution in [3.63, 3.8) is 0 Å². The van der Waals surface area contributed by atoms with Gasteiger partial charge in [-0.05, 0) is 24.3 Å². The highest BCUT2D eigenvalue weighted by Crippen LogP contribution is 2.23. The van der Waals surface area contributed by atoms with Gasteiger partial charge in [-0.15, -0.1) is 0 Å². The van der Waals surface area contributed by atoms with E-state index in [2.05, 4.69) is 14.9 Å². The van der Waals surface area contributed by atoms with Crippen LogP contribution in [0.3, 0.4) is 0 Å². The summed E-state index contributed by atoms with van der Waals surface area (Å²) in [7, 11) is -3.67. The Morgan fingerprint density at radius 2 is 1.86 bits per heavy atom. The van der Waals surface area contributed by atoms with Crippen LogP contribution >= 0.6 is 0 Å². The normalized spacial score (nSPS) is 11.2. The number of hydrogen-bond donors (Lipinski definition) is 1. The van der Waals surface area contributed by atoms with E-state index in [1.807, 2.05) is 0 Å². The zero-order valence-corrected chi connectivity index (χ0v) is 11.6. The van der Waals surface area contributed by atoms with Crippen LogP contribution in [0.5, 0.6) is 0 Å². The monoisotopic (exact) mass is 301 g/mol. The predicted octanol–water partition coefficient (Wildman–Crippen LogP) is 2.54. The Morgan fingerprint density at radius 1 is 1.05 bits per heavy atom. The predicted molar refractivity (Wildman–Crippen MR) is 77.0 cm³/mol. The number of hydrogen-bond acceptors (Lipinski definition) is 5. The van der Waals surface area contributed by atoms with Crippen LogP contribution in [0.1, 0.15) is 0 Å². The Labute approximate surface area is 121 Å². The van der Waals surface area contributed by atoms with Crippen molar-refractivity contribution in [2.45, 2.75) is 4.90 Å². The smallest absolute Gasteiger partial charge is 0.263 e. The van der Waals surface area contributed by atoms with Crippen LogP contribution in [-0.4, -0.2) is 18.6 Å². The lowest BCUT2D eigenvalue weighted by Gasteiger charge is -2.03. The van der Waals surface area contributed by atoms with Gasteiger partial charge in [0, 0.05) is 24.0 Å². The van der Waals surface area contributed by atoms with E-state index in [0.717, 1.165) is 5.56 Å². The second-order valence-electron chi connectivity index (χ2n) is 4.24. The molecular formula is C14H11N3O3S. The van der Waals surface area contributed by atoms with E-state index in [1.54, 1.807) is 42.7 Å². The fourth-order valence-corrected chi connectivity index (χ4v) is 2.77. The van der Waals surface area contributed by atoms with Crippen molar-refractivity contribution in [1.82, 2.24) is 10.1 Å². The summed E-state index contributed by atoms with van der Waals surface area (Å²) < 4.78 is 31.8. The third-order valence-electron chi connectivity index (χ3n) is 2.75. The minimum Gasteiger partial charge on any atom is -0.354 e. The fraction of sp³-hybridized carbons (Fsp3) is 0. The molecule has 0 spiro atoms. The maximum atomic E-state index is 12.1. The molecule has 106 valence electrons. The molecule has 0 amide bonds. The molecule has 0 aliphatic heterocycles. The lowest BCUT2D eigenvalue weighted by Crippen LogP contribution is -2.12. The van der Waals surface area contributed by atoms with Gasteiger partial charge < -0.3 is 4.52 Å². The van der Waals surface area contributed by atoms with Gasteiger partial charge in [-0.3, -0.25) is 9.71 Å². The molecule has 0 unspecified atom stereocenters. The molecule has 6 nitrogen and oxygen atoms in total. The Bertz CT molecular complexity index is 830. The van der Waals surface area contributed by atoms with Gasteiger partial charge >= 0.3 is 0 Å². The van der Waals surface area contributed by atoms with Crippen molar-refractivity contribution in [3.05, 3.63) is 60.9 Å². The van der Waals surface area contributed by atoms with Gasteiger partial charge in [-0.1, -0.05) is 23.4 Å². The summed E-state index contributed by atoms with van der Waals surface area (Å²) in [6.45, 7) is 0. The largest absolute Gasteiger partial charge is 0.354 e. The molecule has 7 heteroatoms. The highest BCUT2D eigenvalue weighted by atomic mass is 32.2. The number of nitrogens with one attached hydrogen (secondary N) is 1. The highest BCUT2D eigenvalue weighted by Gasteiger charge is 2.16. The van der Waals surface area contributed by atoms with Crippen LogP contribution in [0.4, 0.5) is 5.82 Å². The molecule has 2 aromatic heterocycles. The van der Waals surface area contributed by atoms with Crippen molar-refractivity contribution in [1.29, 1.82) is 0 Å². The standard InChI is InChI=1S/C14H11N3O3S/c18-21(19,12-6-2-1-3-7-12)17-14-9-13(20-16-14)11-5-4-8-15-10-11/h1-10H,(H,16,17). The van der Waals surface area contributed by atoms with Crippen molar-refractivity contribution >= 4 is 15.8 Å². The minimum absolute atomic E-state index is 0.123. The molecule has 0 atom stereocenters. The topological polar surface area (TPSA) is 85.1 Å². The molecular weight excluding hydrogens is 290 g/mol. The highest BCUT2D eigenvalue weighted by molar-refractivity contribution is 7.92. The Balaban J connectivity index is 1.85. The number of sulfonamides is 1. The van der Waals surface area contributed by atoms with E-state index in [-0.39, 0.29) is 10.7 Å². The Morgan fingerprint density at radius 3 is 2.57 bits per heavy atom. The maximum absolute atomic E-state index is 12.1. The van der Waals surface area contributed by atoms with Gasteiger partial charge in [-0.2, -0.15) is 0 Å². The number of rotatable bonds is 4. The molecule has 3 rings (SSSR count). The molecule has 21 heavy (non-hydrogen) atoms. The van der Waals surface area contributed by atoms with Crippen LogP contribution in [0.25, 0.3) is 11.3 Å². The lowest BCUT2D eigenvalue weighted by molar-refractivity contribution is 0.435. The maximum Gasteiger partial charge on any atom is 0.263 e.